The third-order valence-electron chi connectivity index (χ3n) is 2.28. The highest BCUT2D eigenvalue weighted by Crippen LogP contribution is 2.33. The van der Waals surface area contributed by atoms with Gasteiger partial charge in [0.05, 0.1) is 17.7 Å². The first-order valence-electron chi connectivity index (χ1n) is 5.31. The molecule has 0 saturated carbocycles. The summed E-state index contributed by atoms with van der Waals surface area (Å²) in [5, 5.41) is -0.385. The van der Waals surface area contributed by atoms with Crippen LogP contribution in [-0.2, 0) is 6.18 Å². The molecule has 0 N–H and O–H groups in total. The van der Waals surface area contributed by atoms with E-state index in [1.54, 1.807) is 6.92 Å². The molecule has 19 heavy (non-hydrogen) atoms. The lowest BCUT2D eigenvalue weighted by molar-refractivity contribution is -0.137. The van der Waals surface area contributed by atoms with E-state index in [1.807, 2.05) is 0 Å². The molecule has 0 radical (unpaired) electrons. The number of pyridine rings is 1. The van der Waals surface area contributed by atoms with Crippen molar-refractivity contribution < 1.29 is 26.3 Å². The van der Waals surface area contributed by atoms with E-state index in [2.05, 4.69) is 4.98 Å². The van der Waals surface area contributed by atoms with E-state index in [0.29, 0.717) is 11.9 Å². The largest absolute Gasteiger partial charge is 0.417 e. The molecule has 1 heterocycles. The van der Waals surface area contributed by atoms with E-state index < -0.39 is 24.3 Å². The summed E-state index contributed by atoms with van der Waals surface area (Å²) in [6.07, 6.45) is -8.92. The minimum absolute atomic E-state index is 0.145. The Labute approximate surface area is 110 Å². The van der Waals surface area contributed by atoms with Gasteiger partial charge < -0.3 is 0 Å². The fourth-order valence-electron chi connectivity index (χ4n) is 1.25. The van der Waals surface area contributed by atoms with Gasteiger partial charge in [0.2, 0.25) is 0 Å². The maximum Gasteiger partial charge on any atom is 0.417 e. The quantitative estimate of drug-likeness (QED) is 0.738. The van der Waals surface area contributed by atoms with Crippen LogP contribution < -0.4 is 0 Å². The molecule has 1 rings (SSSR count). The highest BCUT2D eigenvalue weighted by molar-refractivity contribution is 7.99. The monoisotopic (exact) mass is 303 g/mol. The van der Waals surface area contributed by atoms with Crippen LogP contribution in [0.15, 0.2) is 18.3 Å². The van der Waals surface area contributed by atoms with Gasteiger partial charge in [-0.25, -0.2) is 0 Å². The first-order chi connectivity index (χ1) is 8.59. The van der Waals surface area contributed by atoms with Gasteiger partial charge in [-0.1, -0.05) is 0 Å². The molecule has 0 fully saturated rings. The molecule has 0 amide bonds. The van der Waals surface area contributed by atoms with Crippen molar-refractivity contribution in [3.8, 4) is 0 Å². The van der Waals surface area contributed by atoms with Crippen LogP contribution in [-0.4, -0.2) is 16.9 Å². The second kappa shape index (κ2) is 6.02. The lowest BCUT2D eigenvalue weighted by atomic mass is 10.2. The maximum atomic E-state index is 12.3. The number of alkyl halides is 6. The van der Waals surface area contributed by atoms with Gasteiger partial charge in [-0.15, -0.1) is 0 Å². The lowest BCUT2D eigenvalue weighted by Crippen LogP contribution is -2.09. The van der Waals surface area contributed by atoms with Crippen molar-refractivity contribution >= 4 is 11.8 Å². The zero-order valence-electron chi connectivity index (χ0n) is 9.85. The first kappa shape index (κ1) is 16.1. The van der Waals surface area contributed by atoms with Crippen LogP contribution in [0.1, 0.15) is 29.9 Å². The Balaban J connectivity index is 2.56. The first-order valence-corrected chi connectivity index (χ1v) is 6.36. The molecule has 0 aromatic carbocycles. The van der Waals surface area contributed by atoms with Crippen molar-refractivity contribution in [2.75, 3.05) is 5.75 Å². The number of thioether (sulfide) groups is 1. The number of hydrogen-bond acceptors (Lipinski definition) is 2. The second-order valence-corrected chi connectivity index (χ2v) is 5.30. The highest BCUT2D eigenvalue weighted by atomic mass is 32.2. The Morgan fingerprint density at radius 2 is 1.79 bits per heavy atom. The Morgan fingerprint density at radius 3 is 2.21 bits per heavy atom. The highest BCUT2D eigenvalue weighted by Gasteiger charge is 2.31. The van der Waals surface area contributed by atoms with E-state index >= 15 is 0 Å². The second-order valence-electron chi connectivity index (χ2n) is 3.85. The zero-order valence-corrected chi connectivity index (χ0v) is 10.7. The van der Waals surface area contributed by atoms with Gasteiger partial charge in [0.1, 0.15) is 0 Å². The molecule has 0 aliphatic heterocycles. The Bertz CT molecular complexity index is 397. The Hall–Kier alpha value is -0.920. The molecule has 1 unspecified atom stereocenters. The molecule has 0 aliphatic rings. The third-order valence-corrected chi connectivity index (χ3v) is 3.46. The molecule has 1 aromatic rings. The van der Waals surface area contributed by atoms with Crippen LogP contribution in [0.3, 0.4) is 0 Å². The van der Waals surface area contributed by atoms with Gasteiger partial charge >= 0.3 is 12.4 Å². The molecule has 0 aliphatic carbocycles. The van der Waals surface area contributed by atoms with E-state index in [1.165, 1.54) is 6.07 Å². The zero-order chi connectivity index (χ0) is 14.7. The summed E-state index contributed by atoms with van der Waals surface area (Å²) in [6.45, 7) is 1.61. The normalized spacial score (nSPS) is 14.5. The van der Waals surface area contributed by atoms with Crippen LogP contribution in [0, 0.1) is 0 Å². The molecule has 0 bridgehead atoms. The predicted octanol–water partition coefficient (Wildman–Crippen LogP) is 4.85. The summed E-state index contributed by atoms with van der Waals surface area (Å²) >= 11 is 1.01. The summed E-state index contributed by atoms with van der Waals surface area (Å²) in [5.74, 6) is -0.145. The molecule has 1 atom stereocenters. The van der Waals surface area contributed by atoms with Crippen molar-refractivity contribution in [2.45, 2.75) is 30.9 Å². The van der Waals surface area contributed by atoms with Crippen LogP contribution in [0.4, 0.5) is 26.3 Å². The Kier molecular flexibility index (Phi) is 5.11. The van der Waals surface area contributed by atoms with E-state index in [-0.39, 0.29) is 11.0 Å². The standard InChI is InChI=1S/C11H11F6NS/c1-7(19-5-4-10(12,13)14)9-3-2-8(6-18-9)11(15,16)17/h2-3,6-7H,4-5H2,1H3. The SMILES string of the molecule is CC(SCCC(F)(F)F)c1ccc(C(F)(F)F)cn1. The minimum atomic E-state index is -4.46. The summed E-state index contributed by atoms with van der Waals surface area (Å²) in [5.41, 5.74) is -0.538. The predicted molar refractivity (Wildman–Crippen MR) is 60.8 cm³/mol. The summed E-state index contributed by atoms with van der Waals surface area (Å²) in [6, 6.07) is 2.07. The molecule has 1 nitrogen and oxygen atoms in total. The molecular weight excluding hydrogens is 292 g/mol. The summed E-state index contributed by atoms with van der Waals surface area (Å²) in [7, 11) is 0. The number of hydrogen-bond donors (Lipinski definition) is 0. The summed E-state index contributed by atoms with van der Waals surface area (Å²) < 4.78 is 72.7. The average Bonchev–Trinajstić information content (AvgIpc) is 2.26. The van der Waals surface area contributed by atoms with E-state index in [0.717, 1.165) is 17.8 Å². The molecular formula is C11H11F6NS. The van der Waals surface area contributed by atoms with E-state index in [9.17, 15) is 26.3 Å². The maximum absolute atomic E-state index is 12.3. The van der Waals surface area contributed by atoms with Gasteiger partial charge in [-0.05, 0) is 19.1 Å². The van der Waals surface area contributed by atoms with Gasteiger partial charge in [-0.2, -0.15) is 38.1 Å². The Morgan fingerprint density at radius 1 is 1.16 bits per heavy atom. The van der Waals surface area contributed by atoms with Crippen molar-refractivity contribution in [3.63, 3.8) is 0 Å². The van der Waals surface area contributed by atoms with Crippen molar-refractivity contribution in [3.05, 3.63) is 29.6 Å². The number of nitrogens with zero attached hydrogens (tertiary/aromatic N) is 1. The van der Waals surface area contributed by atoms with Gasteiger partial charge in [0, 0.05) is 17.2 Å². The van der Waals surface area contributed by atoms with Crippen LogP contribution in [0.25, 0.3) is 0 Å². The smallest absolute Gasteiger partial charge is 0.260 e. The van der Waals surface area contributed by atoms with Crippen LogP contribution in [0.5, 0.6) is 0 Å². The van der Waals surface area contributed by atoms with Crippen LogP contribution in [0.2, 0.25) is 0 Å². The fourth-order valence-corrected chi connectivity index (χ4v) is 2.26. The van der Waals surface area contributed by atoms with Crippen LogP contribution >= 0.6 is 11.8 Å². The molecule has 0 saturated heterocycles. The van der Waals surface area contributed by atoms with E-state index in [4.69, 9.17) is 0 Å². The summed E-state index contributed by atoms with van der Waals surface area (Å²) in [4.78, 5) is 3.64. The van der Waals surface area contributed by atoms with Crippen molar-refractivity contribution in [1.29, 1.82) is 0 Å². The lowest BCUT2D eigenvalue weighted by Gasteiger charge is -2.13. The number of rotatable bonds is 4. The topological polar surface area (TPSA) is 12.9 Å². The molecule has 8 heteroatoms. The van der Waals surface area contributed by atoms with Gasteiger partial charge in [0.15, 0.2) is 0 Å². The van der Waals surface area contributed by atoms with Gasteiger partial charge in [0.25, 0.3) is 0 Å². The van der Waals surface area contributed by atoms with Crippen molar-refractivity contribution in [2.24, 2.45) is 0 Å². The fraction of sp³-hybridized carbons (Fsp3) is 0.545. The van der Waals surface area contributed by atoms with Gasteiger partial charge in [-0.3, -0.25) is 4.98 Å². The average molecular weight is 303 g/mol. The number of aromatic nitrogens is 1. The third kappa shape index (κ3) is 5.71. The molecule has 108 valence electrons. The minimum Gasteiger partial charge on any atom is -0.260 e. The molecule has 0 spiro atoms. The van der Waals surface area contributed by atoms with Crippen molar-refractivity contribution in [1.82, 2.24) is 4.98 Å². The number of halogens is 6. The molecule has 1 aromatic heterocycles.